The first-order valence-corrected chi connectivity index (χ1v) is 7.90. The number of benzene rings is 2. The van der Waals surface area contributed by atoms with E-state index in [1.807, 2.05) is 0 Å². The molecule has 0 aromatic heterocycles. The summed E-state index contributed by atoms with van der Waals surface area (Å²) in [5, 5.41) is 3.76. The first kappa shape index (κ1) is 12.2. The van der Waals surface area contributed by atoms with Crippen LogP contribution in [-0.4, -0.2) is 0 Å². The number of hydrogen-bond acceptors (Lipinski definition) is 1. The van der Waals surface area contributed by atoms with Crippen LogP contribution in [0.5, 0.6) is 0 Å². The average molecular weight is 326 g/mol. The fourth-order valence-corrected chi connectivity index (χ4v) is 4.11. The van der Waals surface area contributed by atoms with Gasteiger partial charge in [0.05, 0.1) is 6.04 Å². The molecule has 2 aromatic carbocycles. The Morgan fingerprint density at radius 1 is 0.950 bits per heavy atom. The molecule has 100 valence electrons. The monoisotopic (exact) mass is 325 g/mol. The third-order valence-corrected chi connectivity index (χ3v) is 5.23. The summed E-state index contributed by atoms with van der Waals surface area (Å²) in [6, 6.07) is 17.6. The molecule has 1 heterocycles. The first-order chi connectivity index (χ1) is 9.84. The van der Waals surface area contributed by atoms with Crippen molar-refractivity contribution in [2.24, 2.45) is 5.92 Å². The highest BCUT2D eigenvalue weighted by Crippen LogP contribution is 2.50. The average Bonchev–Trinajstić information content (AvgIpc) is 2.97. The zero-order chi connectivity index (χ0) is 13.5. The van der Waals surface area contributed by atoms with E-state index >= 15 is 0 Å². The van der Waals surface area contributed by atoms with Gasteiger partial charge in [0.15, 0.2) is 0 Å². The topological polar surface area (TPSA) is 12.0 Å². The van der Waals surface area contributed by atoms with Gasteiger partial charge in [0, 0.05) is 16.1 Å². The second-order valence-electron chi connectivity index (χ2n) is 5.58. The van der Waals surface area contributed by atoms with Crippen LogP contribution in [0.3, 0.4) is 0 Å². The molecule has 1 nitrogen and oxygen atoms in total. The zero-order valence-corrected chi connectivity index (χ0v) is 12.7. The van der Waals surface area contributed by atoms with Crippen LogP contribution in [-0.2, 0) is 0 Å². The summed E-state index contributed by atoms with van der Waals surface area (Å²) in [5.74, 6) is 1.16. The Hall–Kier alpha value is -1.54. The van der Waals surface area contributed by atoms with Gasteiger partial charge in [0.25, 0.3) is 0 Å². The highest BCUT2D eigenvalue weighted by atomic mass is 79.9. The van der Waals surface area contributed by atoms with Crippen LogP contribution in [0.25, 0.3) is 0 Å². The van der Waals surface area contributed by atoms with E-state index in [-0.39, 0.29) is 0 Å². The Labute approximate surface area is 127 Å². The van der Waals surface area contributed by atoms with Crippen LogP contribution in [0.2, 0.25) is 0 Å². The summed E-state index contributed by atoms with van der Waals surface area (Å²) in [4.78, 5) is 0. The van der Waals surface area contributed by atoms with Crippen LogP contribution >= 0.6 is 15.9 Å². The minimum absolute atomic E-state index is 0.375. The molecule has 0 spiro atoms. The Morgan fingerprint density at radius 3 is 2.55 bits per heavy atom. The van der Waals surface area contributed by atoms with Crippen LogP contribution in [0.4, 0.5) is 5.69 Å². The number of halogens is 1. The van der Waals surface area contributed by atoms with Crippen molar-refractivity contribution in [2.75, 3.05) is 5.32 Å². The Balaban J connectivity index is 1.82. The van der Waals surface area contributed by atoms with Gasteiger partial charge in [0.2, 0.25) is 0 Å². The van der Waals surface area contributed by atoms with E-state index in [4.69, 9.17) is 0 Å². The molecule has 3 atom stereocenters. The molecule has 2 heteroatoms. The molecule has 1 aliphatic heterocycles. The van der Waals surface area contributed by atoms with Crippen molar-refractivity contribution in [2.45, 2.75) is 18.4 Å². The van der Waals surface area contributed by atoms with E-state index in [9.17, 15) is 0 Å². The molecule has 1 aliphatic carbocycles. The highest BCUT2D eigenvalue weighted by molar-refractivity contribution is 9.10. The predicted octanol–water partition coefficient (Wildman–Crippen LogP) is 5.28. The van der Waals surface area contributed by atoms with Crippen molar-refractivity contribution in [3.05, 3.63) is 76.3 Å². The first-order valence-electron chi connectivity index (χ1n) is 7.11. The van der Waals surface area contributed by atoms with Crippen molar-refractivity contribution < 1.29 is 0 Å². The standard InChI is InChI=1S/C18H16BrN/c19-16-10-3-1-7-15(16)18-14-9-5-8-12(14)13-6-2-4-11-17(13)20-18/h1-8,10-12,14,18,20H,9H2/t12-,14-,18-/m0/s1. The fourth-order valence-electron chi connectivity index (χ4n) is 3.58. The van der Waals surface area contributed by atoms with Crippen LogP contribution < -0.4 is 5.32 Å². The molecule has 2 aromatic rings. The summed E-state index contributed by atoms with van der Waals surface area (Å²) < 4.78 is 1.20. The van der Waals surface area contributed by atoms with Gasteiger partial charge in [-0.15, -0.1) is 0 Å². The quantitative estimate of drug-likeness (QED) is 0.704. The molecule has 0 unspecified atom stereocenters. The largest absolute Gasteiger partial charge is 0.378 e. The molecule has 20 heavy (non-hydrogen) atoms. The number of rotatable bonds is 1. The van der Waals surface area contributed by atoms with E-state index in [0.717, 1.165) is 6.42 Å². The summed E-state index contributed by atoms with van der Waals surface area (Å²) in [7, 11) is 0. The van der Waals surface area contributed by atoms with Crippen molar-refractivity contribution in [1.82, 2.24) is 0 Å². The van der Waals surface area contributed by atoms with Gasteiger partial charge in [0.1, 0.15) is 0 Å². The molecule has 0 bridgehead atoms. The maximum Gasteiger partial charge on any atom is 0.0565 e. The Kier molecular flexibility index (Phi) is 2.92. The molecule has 0 saturated heterocycles. The Bertz CT molecular complexity index is 677. The third-order valence-electron chi connectivity index (χ3n) is 4.51. The molecule has 0 radical (unpaired) electrons. The molecular weight excluding hydrogens is 310 g/mol. The third kappa shape index (κ3) is 1.82. The molecule has 0 saturated carbocycles. The smallest absolute Gasteiger partial charge is 0.0565 e. The number of anilines is 1. The number of allylic oxidation sites excluding steroid dienone is 2. The highest BCUT2D eigenvalue weighted by Gasteiger charge is 2.38. The van der Waals surface area contributed by atoms with Gasteiger partial charge in [-0.1, -0.05) is 64.5 Å². The van der Waals surface area contributed by atoms with Crippen LogP contribution in [0, 0.1) is 5.92 Å². The normalized spacial score (nSPS) is 26.8. The molecule has 2 aliphatic rings. The predicted molar refractivity (Wildman–Crippen MR) is 86.9 cm³/mol. The summed E-state index contributed by atoms with van der Waals surface area (Å²) in [6.45, 7) is 0. The SMILES string of the molecule is Brc1ccccc1[C@H]1Nc2ccccc2[C@@H]2C=CC[C@H]12. The molecular formula is C18H16BrN. The second-order valence-corrected chi connectivity index (χ2v) is 6.44. The fraction of sp³-hybridized carbons (Fsp3) is 0.222. The second kappa shape index (κ2) is 4.78. The maximum absolute atomic E-state index is 3.76. The van der Waals surface area contributed by atoms with Gasteiger partial charge in [-0.3, -0.25) is 0 Å². The van der Waals surface area contributed by atoms with Crippen molar-refractivity contribution in [3.8, 4) is 0 Å². The minimum Gasteiger partial charge on any atom is -0.378 e. The molecule has 0 fully saturated rings. The van der Waals surface area contributed by atoms with E-state index in [0.29, 0.717) is 17.9 Å². The van der Waals surface area contributed by atoms with Crippen molar-refractivity contribution in [1.29, 1.82) is 0 Å². The van der Waals surface area contributed by atoms with Gasteiger partial charge >= 0.3 is 0 Å². The molecule has 1 N–H and O–H groups in total. The van der Waals surface area contributed by atoms with Gasteiger partial charge in [-0.25, -0.2) is 0 Å². The molecule has 0 amide bonds. The van der Waals surface area contributed by atoms with Crippen molar-refractivity contribution >= 4 is 21.6 Å². The summed E-state index contributed by atoms with van der Waals surface area (Å²) in [6.07, 6.45) is 5.87. The lowest BCUT2D eigenvalue weighted by molar-refractivity contribution is 0.424. The lowest BCUT2D eigenvalue weighted by Crippen LogP contribution is -2.29. The number of hydrogen-bond donors (Lipinski definition) is 1. The number of para-hydroxylation sites is 1. The zero-order valence-electron chi connectivity index (χ0n) is 11.1. The molecule has 4 rings (SSSR count). The minimum atomic E-state index is 0.375. The van der Waals surface area contributed by atoms with E-state index in [1.165, 1.54) is 21.3 Å². The summed E-state index contributed by atoms with van der Waals surface area (Å²) in [5.41, 5.74) is 4.08. The number of nitrogens with one attached hydrogen (secondary N) is 1. The Morgan fingerprint density at radius 2 is 1.70 bits per heavy atom. The van der Waals surface area contributed by atoms with Crippen molar-refractivity contribution in [3.63, 3.8) is 0 Å². The lowest BCUT2D eigenvalue weighted by Gasteiger charge is -2.37. The van der Waals surface area contributed by atoms with Gasteiger partial charge in [-0.05, 0) is 35.6 Å². The van der Waals surface area contributed by atoms with Crippen LogP contribution in [0.1, 0.15) is 29.5 Å². The van der Waals surface area contributed by atoms with Gasteiger partial charge < -0.3 is 5.32 Å². The lowest BCUT2D eigenvalue weighted by atomic mass is 9.77. The number of fused-ring (bicyclic) bond motifs is 3. The van der Waals surface area contributed by atoms with Gasteiger partial charge in [-0.2, -0.15) is 0 Å². The van der Waals surface area contributed by atoms with E-state index in [1.54, 1.807) is 0 Å². The van der Waals surface area contributed by atoms with Crippen LogP contribution in [0.15, 0.2) is 65.2 Å². The van der Waals surface area contributed by atoms with E-state index < -0.39 is 0 Å². The van der Waals surface area contributed by atoms with E-state index in [2.05, 4.69) is 81.9 Å². The maximum atomic E-state index is 3.76. The summed E-state index contributed by atoms with van der Waals surface area (Å²) >= 11 is 3.71.